The fraction of sp³-hybridized carbons (Fsp3) is 0.412. The Morgan fingerprint density at radius 2 is 2.22 bits per heavy atom. The number of hydrogen-bond donors (Lipinski definition) is 2. The normalized spacial score (nSPS) is 18.6. The molecule has 0 saturated carbocycles. The first-order valence-electron chi connectivity index (χ1n) is 7.88. The first-order valence-corrected chi connectivity index (χ1v) is 7.88. The van der Waals surface area contributed by atoms with E-state index in [1.165, 1.54) is 0 Å². The molecule has 1 aromatic heterocycles. The number of benzene rings is 1. The van der Waals surface area contributed by atoms with E-state index in [0.717, 1.165) is 25.0 Å². The summed E-state index contributed by atoms with van der Waals surface area (Å²) < 4.78 is 11.2. The van der Waals surface area contributed by atoms with Gasteiger partial charge < -0.3 is 19.8 Å². The second-order valence-corrected chi connectivity index (χ2v) is 5.65. The van der Waals surface area contributed by atoms with Gasteiger partial charge in [0.05, 0.1) is 24.9 Å². The molecule has 2 aromatic rings. The van der Waals surface area contributed by atoms with Gasteiger partial charge in [0.1, 0.15) is 0 Å². The third kappa shape index (κ3) is 4.10. The van der Waals surface area contributed by atoms with Crippen LogP contribution in [0.2, 0.25) is 0 Å². The highest BCUT2D eigenvalue weighted by Gasteiger charge is 2.23. The maximum absolute atomic E-state index is 11.9. The van der Waals surface area contributed by atoms with Crippen molar-refractivity contribution in [1.29, 1.82) is 0 Å². The number of nitrogens with zero attached hydrogens (tertiary/aromatic N) is 1. The van der Waals surface area contributed by atoms with Gasteiger partial charge in [-0.05, 0) is 19.8 Å². The molecule has 1 aromatic carbocycles. The summed E-state index contributed by atoms with van der Waals surface area (Å²) in [5, 5.41) is 5.64. The lowest BCUT2D eigenvalue weighted by Crippen LogP contribution is -2.45. The molecule has 1 saturated heterocycles. The minimum atomic E-state index is -0.243. The number of carbonyl (C=O) groups excluding carboxylic acids is 1. The molecule has 0 radical (unpaired) electrons. The van der Waals surface area contributed by atoms with Crippen molar-refractivity contribution in [2.24, 2.45) is 0 Å². The van der Waals surface area contributed by atoms with Crippen molar-refractivity contribution in [2.75, 3.05) is 6.61 Å². The van der Waals surface area contributed by atoms with Crippen LogP contribution in [0.4, 0.5) is 4.79 Å². The number of aromatic nitrogens is 1. The standard InChI is InChI=1S/C17H21N3O3/c1-12(14-8-5-9-22-14)20-17(21)19-11-16-18-10-15(23-16)13-6-3-2-4-7-13/h2-4,6-7,10,12,14H,5,8-9,11H2,1H3,(H2,19,20,21). The molecule has 2 heterocycles. The van der Waals surface area contributed by atoms with Gasteiger partial charge in [-0.25, -0.2) is 9.78 Å². The van der Waals surface area contributed by atoms with Gasteiger partial charge in [0.25, 0.3) is 0 Å². The zero-order chi connectivity index (χ0) is 16.1. The topological polar surface area (TPSA) is 76.4 Å². The Labute approximate surface area is 135 Å². The van der Waals surface area contributed by atoms with E-state index < -0.39 is 0 Å². The molecule has 3 rings (SSSR count). The Hall–Kier alpha value is -2.34. The van der Waals surface area contributed by atoms with E-state index in [2.05, 4.69) is 15.6 Å². The summed E-state index contributed by atoms with van der Waals surface area (Å²) >= 11 is 0. The summed E-state index contributed by atoms with van der Waals surface area (Å²) in [5.74, 6) is 1.17. The second kappa shape index (κ2) is 7.28. The van der Waals surface area contributed by atoms with Gasteiger partial charge in [-0.2, -0.15) is 0 Å². The third-order valence-electron chi connectivity index (χ3n) is 3.89. The summed E-state index contributed by atoms with van der Waals surface area (Å²) in [6.07, 6.45) is 3.81. The smallest absolute Gasteiger partial charge is 0.315 e. The Morgan fingerprint density at radius 3 is 2.96 bits per heavy atom. The Balaban J connectivity index is 1.48. The van der Waals surface area contributed by atoms with Crippen LogP contribution in [0, 0.1) is 0 Å². The maximum atomic E-state index is 11.9. The lowest BCUT2D eigenvalue weighted by atomic mass is 10.1. The first-order chi connectivity index (χ1) is 11.2. The van der Waals surface area contributed by atoms with E-state index >= 15 is 0 Å². The molecule has 2 amide bonds. The van der Waals surface area contributed by atoms with Crippen molar-refractivity contribution >= 4 is 6.03 Å². The van der Waals surface area contributed by atoms with Gasteiger partial charge in [-0.1, -0.05) is 30.3 Å². The summed E-state index contributed by atoms with van der Waals surface area (Å²) in [5.41, 5.74) is 0.961. The summed E-state index contributed by atoms with van der Waals surface area (Å²) in [4.78, 5) is 16.1. The first kappa shape index (κ1) is 15.6. The van der Waals surface area contributed by atoms with Gasteiger partial charge in [0.15, 0.2) is 5.76 Å². The minimum absolute atomic E-state index is 0.0121. The van der Waals surface area contributed by atoms with Gasteiger partial charge in [-0.3, -0.25) is 0 Å². The molecule has 1 aliphatic heterocycles. The Morgan fingerprint density at radius 1 is 1.39 bits per heavy atom. The van der Waals surface area contributed by atoms with Gasteiger partial charge in [0.2, 0.25) is 5.89 Å². The number of nitrogens with one attached hydrogen (secondary N) is 2. The molecule has 6 nitrogen and oxygen atoms in total. The zero-order valence-electron chi connectivity index (χ0n) is 13.1. The van der Waals surface area contributed by atoms with Crippen LogP contribution in [0.25, 0.3) is 11.3 Å². The highest BCUT2D eigenvalue weighted by Crippen LogP contribution is 2.19. The highest BCUT2D eigenvalue weighted by molar-refractivity contribution is 5.74. The molecule has 1 aliphatic rings. The van der Waals surface area contributed by atoms with E-state index in [1.807, 2.05) is 37.3 Å². The summed E-state index contributed by atoms with van der Waals surface area (Å²) in [6.45, 7) is 2.97. The second-order valence-electron chi connectivity index (χ2n) is 5.65. The SMILES string of the molecule is CC(NC(=O)NCc1ncc(-c2ccccc2)o1)C1CCCO1. The lowest BCUT2D eigenvalue weighted by Gasteiger charge is -2.19. The van der Waals surface area contributed by atoms with E-state index in [9.17, 15) is 4.79 Å². The fourth-order valence-corrected chi connectivity index (χ4v) is 2.63. The average molecular weight is 315 g/mol. The number of carbonyl (C=O) groups is 1. The van der Waals surface area contributed by atoms with E-state index in [0.29, 0.717) is 11.7 Å². The average Bonchev–Trinajstić information content (AvgIpc) is 3.25. The molecular weight excluding hydrogens is 294 g/mol. The molecule has 2 unspecified atom stereocenters. The van der Waals surface area contributed by atoms with Crippen molar-refractivity contribution < 1.29 is 13.9 Å². The van der Waals surface area contributed by atoms with Gasteiger partial charge >= 0.3 is 6.03 Å². The number of ether oxygens (including phenoxy) is 1. The van der Waals surface area contributed by atoms with Crippen LogP contribution >= 0.6 is 0 Å². The molecule has 6 heteroatoms. The quantitative estimate of drug-likeness (QED) is 0.889. The highest BCUT2D eigenvalue weighted by atomic mass is 16.5. The van der Waals surface area contributed by atoms with Crippen LogP contribution in [-0.4, -0.2) is 29.8 Å². The maximum Gasteiger partial charge on any atom is 0.315 e. The van der Waals surface area contributed by atoms with Gasteiger partial charge in [0, 0.05) is 12.2 Å². The molecule has 1 fully saturated rings. The molecule has 23 heavy (non-hydrogen) atoms. The molecule has 0 spiro atoms. The molecule has 2 N–H and O–H groups in total. The van der Waals surface area contributed by atoms with Crippen molar-refractivity contribution in [3.8, 4) is 11.3 Å². The predicted molar refractivity (Wildman–Crippen MR) is 85.7 cm³/mol. The van der Waals surface area contributed by atoms with Crippen molar-refractivity contribution in [2.45, 2.75) is 38.5 Å². The van der Waals surface area contributed by atoms with Crippen LogP contribution in [0.5, 0.6) is 0 Å². The minimum Gasteiger partial charge on any atom is -0.439 e. The van der Waals surface area contributed by atoms with Crippen molar-refractivity contribution in [3.05, 3.63) is 42.4 Å². The van der Waals surface area contributed by atoms with Crippen LogP contribution < -0.4 is 10.6 Å². The Bertz CT molecular complexity index is 636. The van der Waals surface area contributed by atoms with Crippen molar-refractivity contribution in [1.82, 2.24) is 15.6 Å². The van der Waals surface area contributed by atoms with Crippen LogP contribution in [-0.2, 0) is 11.3 Å². The number of rotatable bonds is 5. The largest absolute Gasteiger partial charge is 0.439 e. The number of oxazole rings is 1. The summed E-state index contributed by atoms with van der Waals surface area (Å²) in [7, 11) is 0. The van der Waals surface area contributed by atoms with Crippen LogP contribution in [0.15, 0.2) is 40.9 Å². The zero-order valence-corrected chi connectivity index (χ0v) is 13.1. The van der Waals surface area contributed by atoms with E-state index in [4.69, 9.17) is 9.15 Å². The monoisotopic (exact) mass is 315 g/mol. The van der Waals surface area contributed by atoms with Gasteiger partial charge in [-0.15, -0.1) is 0 Å². The van der Waals surface area contributed by atoms with E-state index in [-0.39, 0.29) is 24.7 Å². The Kier molecular flexibility index (Phi) is 4.92. The van der Waals surface area contributed by atoms with Crippen molar-refractivity contribution in [3.63, 3.8) is 0 Å². The molecule has 122 valence electrons. The van der Waals surface area contributed by atoms with E-state index in [1.54, 1.807) is 6.20 Å². The number of amides is 2. The molecular formula is C17H21N3O3. The fourth-order valence-electron chi connectivity index (χ4n) is 2.63. The lowest BCUT2D eigenvalue weighted by molar-refractivity contribution is 0.0860. The molecule has 2 atom stereocenters. The predicted octanol–water partition coefficient (Wildman–Crippen LogP) is 2.71. The summed E-state index contributed by atoms with van der Waals surface area (Å²) in [6, 6.07) is 9.48. The van der Waals surface area contributed by atoms with Crippen LogP contribution in [0.1, 0.15) is 25.7 Å². The number of urea groups is 1. The third-order valence-corrected chi connectivity index (χ3v) is 3.89. The van der Waals surface area contributed by atoms with Crippen LogP contribution in [0.3, 0.4) is 0 Å². The molecule has 0 aliphatic carbocycles. The molecule has 0 bridgehead atoms. The number of hydrogen-bond acceptors (Lipinski definition) is 4.